The van der Waals surface area contributed by atoms with E-state index in [0.29, 0.717) is 0 Å². The lowest BCUT2D eigenvalue weighted by atomic mass is 10.1. The van der Waals surface area contributed by atoms with Gasteiger partial charge in [0.05, 0.1) is 3.39 Å². The molecule has 3 heteroatoms. The van der Waals surface area contributed by atoms with Crippen molar-refractivity contribution in [3.63, 3.8) is 0 Å². The van der Waals surface area contributed by atoms with Crippen LogP contribution in [-0.4, -0.2) is 0 Å². The third-order valence-electron chi connectivity index (χ3n) is 2.55. The van der Waals surface area contributed by atoms with E-state index in [-0.39, 0.29) is 0 Å². The molecule has 0 aromatic heterocycles. The first-order valence-corrected chi connectivity index (χ1v) is 7.24. The van der Waals surface area contributed by atoms with Crippen LogP contribution in [0.15, 0.2) is 58.0 Å². The number of hydrogen-bond acceptors (Lipinski definition) is 1. The van der Waals surface area contributed by atoms with Crippen LogP contribution in [0.5, 0.6) is 0 Å². The molecule has 0 spiro atoms. The van der Waals surface area contributed by atoms with Crippen molar-refractivity contribution in [3.8, 4) is 0 Å². The summed E-state index contributed by atoms with van der Waals surface area (Å²) in [5, 5.41) is 3.45. The van der Waals surface area contributed by atoms with E-state index in [9.17, 15) is 0 Å². The van der Waals surface area contributed by atoms with Gasteiger partial charge in [-0.05, 0) is 55.1 Å². The summed E-state index contributed by atoms with van der Waals surface area (Å²) < 4.78 is 0.934. The lowest BCUT2D eigenvalue weighted by molar-refractivity contribution is 1.15. The van der Waals surface area contributed by atoms with E-state index < -0.39 is 0 Å². The van der Waals surface area contributed by atoms with Gasteiger partial charge in [-0.25, -0.2) is 0 Å². The Morgan fingerprint density at radius 1 is 0.944 bits per heavy atom. The van der Waals surface area contributed by atoms with E-state index in [0.717, 1.165) is 21.2 Å². The first kappa shape index (κ1) is 13.4. The summed E-state index contributed by atoms with van der Waals surface area (Å²) in [5.41, 5.74) is 3.55. The van der Waals surface area contributed by atoms with Crippen LogP contribution < -0.4 is 5.32 Å². The summed E-state index contributed by atoms with van der Waals surface area (Å²) in [6.07, 6.45) is 2.04. The van der Waals surface area contributed by atoms with Gasteiger partial charge in [0.15, 0.2) is 0 Å². The van der Waals surface area contributed by atoms with Crippen molar-refractivity contribution >= 4 is 43.6 Å². The van der Waals surface area contributed by atoms with Gasteiger partial charge in [-0.15, -0.1) is 0 Å². The molecule has 1 N–H and O–H groups in total. The van der Waals surface area contributed by atoms with E-state index in [1.807, 2.05) is 24.3 Å². The van der Waals surface area contributed by atoms with E-state index in [1.54, 1.807) is 0 Å². The Morgan fingerprint density at radius 3 is 2.33 bits per heavy atom. The molecule has 0 aliphatic rings. The maximum atomic E-state index is 3.45. The van der Waals surface area contributed by atoms with E-state index in [4.69, 9.17) is 0 Å². The third kappa shape index (κ3) is 4.00. The van der Waals surface area contributed by atoms with Crippen molar-refractivity contribution < 1.29 is 0 Å². The number of para-hydroxylation sites is 1. The van der Waals surface area contributed by atoms with Gasteiger partial charge in [-0.3, -0.25) is 0 Å². The number of anilines is 1. The summed E-state index contributed by atoms with van der Waals surface area (Å²) in [4.78, 5) is 0. The van der Waals surface area contributed by atoms with Gasteiger partial charge in [-0.2, -0.15) is 0 Å². The largest absolute Gasteiger partial charge is 0.380 e. The molecule has 2 aromatic rings. The Labute approximate surface area is 124 Å². The molecule has 0 radical (unpaired) electrons. The summed E-state index contributed by atoms with van der Waals surface area (Å²) in [6.45, 7) is 0.825. The molecule has 1 nitrogen and oxygen atoms in total. The second-order valence-corrected chi connectivity index (χ2v) is 6.63. The summed E-state index contributed by atoms with van der Waals surface area (Å²) in [7, 11) is 0. The van der Waals surface area contributed by atoms with Crippen LogP contribution in [-0.2, 0) is 6.54 Å². The van der Waals surface area contributed by atoms with Crippen LogP contribution in [0.4, 0.5) is 5.69 Å². The van der Waals surface area contributed by atoms with Crippen molar-refractivity contribution in [3.05, 3.63) is 69.1 Å². The zero-order chi connectivity index (χ0) is 12.8. The van der Waals surface area contributed by atoms with Crippen LogP contribution in [0.25, 0.3) is 6.08 Å². The fourth-order valence-corrected chi connectivity index (χ4v) is 2.19. The van der Waals surface area contributed by atoms with Crippen LogP contribution in [0.3, 0.4) is 0 Å². The van der Waals surface area contributed by atoms with E-state index in [1.165, 1.54) is 5.56 Å². The number of hydrogen-bond donors (Lipinski definition) is 1. The van der Waals surface area contributed by atoms with Crippen LogP contribution >= 0.6 is 31.9 Å². The maximum absolute atomic E-state index is 3.45. The molecule has 0 aliphatic carbocycles. The van der Waals surface area contributed by atoms with Crippen molar-refractivity contribution in [2.24, 2.45) is 0 Å². The Kier molecular flexibility index (Phi) is 5.02. The second kappa shape index (κ2) is 6.76. The predicted octanol–water partition coefficient (Wildman–Crippen LogP) is 5.39. The number of rotatable bonds is 4. The Bertz CT molecular complexity index is 531. The second-order valence-electron chi connectivity index (χ2n) is 3.86. The standard InChI is InChI=1S/C15H13Br2N/c16-15(17)10-13-8-4-5-9-14(13)18-11-12-6-2-1-3-7-12/h1-10,18H,11H2. The van der Waals surface area contributed by atoms with Gasteiger partial charge in [0.25, 0.3) is 0 Å². The number of halogens is 2. The molecule has 0 saturated carbocycles. The molecule has 2 aromatic carbocycles. The molecule has 0 atom stereocenters. The van der Waals surface area contributed by atoms with E-state index >= 15 is 0 Å². The van der Waals surface area contributed by atoms with Crippen LogP contribution in [0.1, 0.15) is 11.1 Å². The molecule has 2 rings (SSSR count). The van der Waals surface area contributed by atoms with Gasteiger partial charge in [0, 0.05) is 12.2 Å². The zero-order valence-electron chi connectivity index (χ0n) is 9.74. The van der Waals surface area contributed by atoms with Gasteiger partial charge in [0.2, 0.25) is 0 Å². The summed E-state index contributed by atoms with van der Waals surface area (Å²) in [6, 6.07) is 18.6. The van der Waals surface area contributed by atoms with Gasteiger partial charge >= 0.3 is 0 Å². The normalized spacial score (nSPS) is 9.89. The molecule has 92 valence electrons. The average Bonchev–Trinajstić information content (AvgIpc) is 2.38. The lowest BCUT2D eigenvalue weighted by Gasteiger charge is -2.09. The number of nitrogens with one attached hydrogen (secondary N) is 1. The van der Waals surface area contributed by atoms with Crippen LogP contribution in [0.2, 0.25) is 0 Å². The topological polar surface area (TPSA) is 12.0 Å². The highest BCUT2D eigenvalue weighted by atomic mass is 79.9. The highest BCUT2D eigenvalue weighted by molar-refractivity contribution is 9.28. The summed E-state index contributed by atoms with van der Waals surface area (Å²) >= 11 is 6.78. The average molecular weight is 367 g/mol. The zero-order valence-corrected chi connectivity index (χ0v) is 12.9. The number of benzene rings is 2. The highest BCUT2D eigenvalue weighted by Gasteiger charge is 1.99. The molecular weight excluding hydrogens is 354 g/mol. The van der Waals surface area contributed by atoms with E-state index in [2.05, 4.69) is 73.6 Å². The quantitative estimate of drug-likeness (QED) is 0.765. The molecule has 18 heavy (non-hydrogen) atoms. The minimum atomic E-state index is 0.825. The Balaban J connectivity index is 2.12. The summed E-state index contributed by atoms with van der Waals surface area (Å²) in [5.74, 6) is 0. The van der Waals surface area contributed by atoms with Crippen molar-refractivity contribution in [1.82, 2.24) is 0 Å². The fourth-order valence-electron chi connectivity index (χ4n) is 1.69. The smallest absolute Gasteiger partial charge is 0.0610 e. The minimum Gasteiger partial charge on any atom is -0.380 e. The molecule has 0 fully saturated rings. The fraction of sp³-hybridized carbons (Fsp3) is 0.0667. The first-order chi connectivity index (χ1) is 8.75. The van der Waals surface area contributed by atoms with Gasteiger partial charge in [0.1, 0.15) is 0 Å². The van der Waals surface area contributed by atoms with Crippen LogP contribution in [0, 0.1) is 0 Å². The molecular formula is C15H13Br2N. The first-order valence-electron chi connectivity index (χ1n) is 5.65. The van der Waals surface area contributed by atoms with Crippen molar-refractivity contribution in [2.75, 3.05) is 5.32 Å². The molecule has 0 amide bonds. The Hall–Kier alpha value is -1.06. The predicted molar refractivity (Wildman–Crippen MR) is 86.0 cm³/mol. The molecule has 0 unspecified atom stereocenters. The van der Waals surface area contributed by atoms with Gasteiger partial charge in [-0.1, -0.05) is 48.5 Å². The minimum absolute atomic E-state index is 0.825. The monoisotopic (exact) mass is 365 g/mol. The molecule has 0 aliphatic heterocycles. The maximum Gasteiger partial charge on any atom is 0.0610 e. The van der Waals surface area contributed by atoms with Gasteiger partial charge < -0.3 is 5.32 Å². The third-order valence-corrected chi connectivity index (χ3v) is 3.01. The molecule has 0 saturated heterocycles. The molecule has 0 bridgehead atoms. The molecule has 0 heterocycles. The highest BCUT2D eigenvalue weighted by Crippen LogP contribution is 2.23. The van der Waals surface area contributed by atoms with Crippen molar-refractivity contribution in [1.29, 1.82) is 0 Å². The lowest BCUT2D eigenvalue weighted by Crippen LogP contribution is -2.00. The SMILES string of the molecule is BrC(Br)=Cc1ccccc1NCc1ccccc1. The van der Waals surface area contributed by atoms with Crippen molar-refractivity contribution in [2.45, 2.75) is 6.54 Å². The Morgan fingerprint density at radius 2 is 1.61 bits per heavy atom.